The third kappa shape index (κ3) is 6.05. The van der Waals surface area contributed by atoms with E-state index in [2.05, 4.69) is 10.6 Å². The third-order valence-electron chi connectivity index (χ3n) is 6.53. The molecule has 1 amide bonds. The highest BCUT2D eigenvalue weighted by Gasteiger charge is 2.50. The molecule has 2 aliphatic heterocycles. The number of aliphatic hydroxyl groups is 3. The lowest BCUT2D eigenvalue weighted by molar-refractivity contribution is -0.303. The van der Waals surface area contributed by atoms with Gasteiger partial charge in [-0.2, -0.15) is 0 Å². The molecule has 196 valence electrons. The van der Waals surface area contributed by atoms with Crippen molar-refractivity contribution in [3.05, 3.63) is 11.8 Å². The van der Waals surface area contributed by atoms with Crippen molar-refractivity contribution < 1.29 is 39.1 Å². The van der Waals surface area contributed by atoms with Crippen LogP contribution in [0.25, 0.3) is 0 Å². The molecule has 0 radical (unpaired) electrons. The third-order valence-corrected chi connectivity index (χ3v) is 6.53. The van der Waals surface area contributed by atoms with Gasteiger partial charge in [0.05, 0.1) is 25.2 Å². The molecule has 3 aliphatic rings. The van der Waals surface area contributed by atoms with Gasteiger partial charge in [0.2, 0.25) is 12.2 Å². The molecule has 0 aromatic carbocycles. The number of nitrogens with two attached hydrogens (primary N) is 3. The van der Waals surface area contributed by atoms with Crippen LogP contribution in [0.15, 0.2) is 11.8 Å². The van der Waals surface area contributed by atoms with E-state index in [0.717, 1.165) is 0 Å². The van der Waals surface area contributed by atoms with Gasteiger partial charge in [-0.1, -0.05) is 0 Å². The van der Waals surface area contributed by atoms with E-state index >= 15 is 0 Å². The van der Waals surface area contributed by atoms with Gasteiger partial charge < -0.3 is 62.1 Å². The number of likely N-dealkylation sites (N-methyl/N-ethyl adjacent to an activating group) is 1. The molecule has 13 nitrogen and oxygen atoms in total. The van der Waals surface area contributed by atoms with Crippen LogP contribution >= 0.6 is 0 Å². The van der Waals surface area contributed by atoms with Crippen LogP contribution in [-0.2, 0) is 23.7 Å². The van der Waals surface area contributed by atoms with Crippen LogP contribution in [0.1, 0.15) is 26.7 Å². The van der Waals surface area contributed by atoms with Crippen molar-refractivity contribution in [1.82, 2.24) is 10.6 Å². The number of carbonyl (C=O) groups is 1. The number of amides is 1. The molecular formula is C21H39N5O8. The summed E-state index contributed by atoms with van der Waals surface area (Å²) in [6.07, 6.45) is -3.96. The van der Waals surface area contributed by atoms with Gasteiger partial charge in [-0.15, -0.1) is 0 Å². The van der Waals surface area contributed by atoms with Crippen molar-refractivity contribution in [2.75, 3.05) is 20.2 Å². The molecule has 0 aromatic rings. The predicted molar refractivity (Wildman–Crippen MR) is 120 cm³/mol. The van der Waals surface area contributed by atoms with E-state index in [4.69, 9.17) is 36.1 Å². The summed E-state index contributed by atoms with van der Waals surface area (Å²) < 4.78 is 23.2. The minimum absolute atomic E-state index is 0.0914. The second-order valence-electron chi connectivity index (χ2n) is 9.51. The molecule has 0 unspecified atom stereocenters. The Morgan fingerprint density at radius 2 is 1.76 bits per heavy atom. The van der Waals surface area contributed by atoms with Gasteiger partial charge in [0.25, 0.3) is 0 Å². The molecule has 1 saturated carbocycles. The van der Waals surface area contributed by atoms with E-state index in [-0.39, 0.29) is 25.5 Å². The first-order chi connectivity index (χ1) is 15.9. The van der Waals surface area contributed by atoms with Crippen LogP contribution in [0.3, 0.4) is 0 Å². The molecule has 0 bridgehead atoms. The maximum Gasteiger partial charge on any atom is 0.217 e. The zero-order chi connectivity index (χ0) is 25.2. The maximum absolute atomic E-state index is 11.2. The summed E-state index contributed by atoms with van der Waals surface area (Å²) in [5, 5.41) is 37.7. The number of hydrogen-bond acceptors (Lipinski definition) is 12. The van der Waals surface area contributed by atoms with E-state index in [1.807, 2.05) is 0 Å². The first-order valence-corrected chi connectivity index (χ1v) is 11.5. The average Bonchev–Trinajstić information content (AvgIpc) is 2.75. The molecule has 2 fully saturated rings. The summed E-state index contributed by atoms with van der Waals surface area (Å²) in [4.78, 5) is 11.2. The Morgan fingerprint density at radius 3 is 2.35 bits per heavy atom. The molecule has 11 atom stereocenters. The Labute approximate surface area is 198 Å². The molecule has 1 aliphatic carbocycles. The van der Waals surface area contributed by atoms with E-state index in [9.17, 15) is 20.1 Å². The highest BCUT2D eigenvalue weighted by atomic mass is 16.7. The summed E-state index contributed by atoms with van der Waals surface area (Å²) in [5.41, 5.74) is 17.3. The van der Waals surface area contributed by atoms with E-state index in [1.54, 1.807) is 20.0 Å². The average molecular weight is 490 g/mol. The summed E-state index contributed by atoms with van der Waals surface area (Å²) in [6.45, 7) is 3.04. The summed E-state index contributed by atoms with van der Waals surface area (Å²) in [7, 11) is 1.61. The van der Waals surface area contributed by atoms with E-state index in [0.29, 0.717) is 12.2 Å². The van der Waals surface area contributed by atoms with Crippen LogP contribution in [-0.4, -0.2) is 108 Å². The van der Waals surface area contributed by atoms with Gasteiger partial charge in [0, 0.05) is 19.0 Å². The summed E-state index contributed by atoms with van der Waals surface area (Å²) in [6, 6.07) is -2.53. The molecule has 34 heavy (non-hydrogen) atoms. The highest BCUT2D eigenvalue weighted by Crippen LogP contribution is 2.31. The van der Waals surface area contributed by atoms with Crippen molar-refractivity contribution in [3.63, 3.8) is 0 Å². The van der Waals surface area contributed by atoms with Crippen molar-refractivity contribution in [3.8, 4) is 0 Å². The smallest absolute Gasteiger partial charge is 0.217 e. The van der Waals surface area contributed by atoms with Gasteiger partial charge in [-0.05, 0) is 32.9 Å². The molecule has 11 N–H and O–H groups in total. The largest absolute Gasteiger partial charge is 0.466 e. The fourth-order valence-electron chi connectivity index (χ4n) is 4.63. The standard InChI is InChI=1S/C21H39N5O8/c1-9(27)26-7-10-4-5-11(22)19(32-10)33-16-12(23)6-13(24)17(14(16)28)34-20-15(29)18(25-3)21(2,30)8-31-20/h4,11-20,25,28-30H,5-8,22-24H2,1-3H3,(H,26,27)/t11-,12+,13-,14+,15-,16-,17+,18-,19-,20-,21+/m1/s1. The number of carbonyl (C=O) groups excluding carboxylic acids is 1. The Bertz CT molecular complexity index is 740. The fraction of sp³-hybridized carbons (Fsp3) is 0.857. The number of ether oxygens (including phenoxy) is 4. The first-order valence-electron chi connectivity index (χ1n) is 11.5. The minimum Gasteiger partial charge on any atom is -0.466 e. The van der Waals surface area contributed by atoms with E-state index < -0.39 is 66.8 Å². The van der Waals surface area contributed by atoms with Gasteiger partial charge >= 0.3 is 0 Å². The Balaban J connectivity index is 1.67. The van der Waals surface area contributed by atoms with Crippen LogP contribution in [0.4, 0.5) is 0 Å². The quantitative estimate of drug-likeness (QED) is 0.173. The van der Waals surface area contributed by atoms with Crippen LogP contribution in [0, 0.1) is 0 Å². The Kier molecular flexibility index (Phi) is 8.90. The monoisotopic (exact) mass is 489 g/mol. The summed E-state index contributed by atoms with van der Waals surface area (Å²) in [5.74, 6) is 0.291. The predicted octanol–water partition coefficient (Wildman–Crippen LogP) is -3.67. The number of aliphatic hydroxyl groups excluding tert-OH is 2. The second kappa shape index (κ2) is 11.1. The Hall–Kier alpha value is -1.39. The highest BCUT2D eigenvalue weighted by molar-refractivity contribution is 5.73. The van der Waals surface area contributed by atoms with Crippen molar-refractivity contribution >= 4 is 5.91 Å². The first kappa shape index (κ1) is 27.2. The number of hydrogen-bond donors (Lipinski definition) is 8. The molecule has 2 heterocycles. The topological polar surface area (TPSA) is 217 Å². The fourth-order valence-corrected chi connectivity index (χ4v) is 4.63. The molecule has 13 heteroatoms. The molecule has 0 aromatic heterocycles. The minimum atomic E-state index is -1.31. The van der Waals surface area contributed by atoms with Crippen molar-refractivity contribution in [2.24, 2.45) is 17.2 Å². The van der Waals surface area contributed by atoms with Gasteiger partial charge in [-0.25, -0.2) is 0 Å². The molecule has 1 saturated heterocycles. The zero-order valence-electron chi connectivity index (χ0n) is 19.8. The number of rotatable bonds is 7. The zero-order valence-corrected chi connectivity index (χ0v) is 19.8. The van der Waals surface area contributed by atoms with Gasteiger partial charge in [-0.3, -0.25) is 4.79 Å². The van der Waals surface area contributed by atoms with Crippen molar-refractivity contribution in [1.29, 1.82) is 0 Å². The lowest BCUT2D eigenvalue weighted by atomic mass is 9.84. The van der Waals surface area contributed by atoms with Crippen LogP contribution in [0.5, 0.6) is 0 Å². The SMILES string of the molecule is CN[C@@H]1[C@@H](O)[C@@H](O[C@@H]2[C@@H](O)[C@H](O[C@H]3OC(CNC(C)=O)=CC[C@H]3N)[C@@H](N)C[C@H]2N)OC[C@]1(C)O. The maximum atomic E-state index is 11.2. The number of nitrogens with one attached hydrogen (secondary N) is 2. The lowest BCUT2D eigenvalue weighted by Gasteiger charge is -2.48. The Morgan fingerprint density at radius 1 is 1.15 bits per heavy atom. The van der Waals surface area contributed by atoms with Crippen LogP contribution < -0.4 is 27.8 Å². The van der Waals surface area contributed by atoms with Crippen LogP contribution in [0.2, 0.25) is 0 Å². The summed E-state index contributed by atoms with van der Waals surface area (Å²) >= 11 is 0. The molecular weight excluding hydrogens is 450 g/mol. The van der Waals surface area contributed by atoms with Crippen molar-refractivity contribution in [2.45, 2.75) is 93.5 Å². The van der Waals surface area contributed by atoms with Gasteiger partial charge in [0.15, 0.2) is 6.29 Å². The second-order valence-corrected chi connectivity index (χ2v) is 9.51. The lowest BCUT2D eigenvalue weighted by Crippen LogP contribution is -2.68. The molecule has 3 rings (SSSR count). The normalized spacial score (nSPS) is 45.3. The van der Waals surface area contributed by atoms with Gasteiger partial charge in [0.1, 0.15) is 35.8 Å². The van der Waals surface area contributed by atoms with E-state index in [1.165, 1.54) is 6.92 Å². The molecule has 0 spiro atoms.